The van der Waals surface area contributed by atoms with E-state index < -0.39 is 11.8 Å². The predicted molar refractivity (Wildman–Crippen MR) is 144 cm³/mol. The van der Waals surface area contributed by atoms with E-state index in [0.717, 1.165) is 25.7 Å². The molecular formula is C31H42O6. The number of esters is 1. The number of phenols is 1. The Morgan fingerprint density at radius 1 is 1.08 bits per heavy atom. The van der Waals surface area contributed by atoms with E-state index in [1.165, 1.54) is 5.57 Å². The average Bonchev–Trinajstić information content (AvgIpc) is 2.84. The first-order valence-electron chi connectivity index (χ1n) is 13.6. The topological polar surface area (TPSA) is 85.2 Å². The lowest BCUT2D eigenvalue weighted by Crippen LogP contribution is -2.53. The Labute approximate surface area is 221 Å². The van der Waals surface area contributed by atoms with Crippen molar-refractivity contribution in [2.24, 2.45) is 11.8 Å². The number of hydrogen-bond donors (Lipinski definition) is 2. The highest BCUT2D eigenvalue weighted by molar-refractivity contribution is 5.96. The molecule has 6 heteroatoms. The largest absolute Gasteiger partial charge is 0.508 e. The molecule has 6 nitrogen and oxygen atoms in total. The SMILES string of the molecule is C/C1=C/C[C@@H]2C[C@@H](C[C@]3(CC[C@H](C)[C@@H](C)O3)O2)OC(=O)c2cc(C)c(O)cc2/C(CO)=C\C=C/[C@H](C)C1. The Morgan fingerprint density at radius 2 is 1.86 bits per heavy atom. The Bertz CT molecular complexity index is 1090. The molecule has 2 N–H and O–H groups in total. The molecule has 0 aromatic heterocycles. The number of carbonyl (C=O) groups is 1. The van der Waals surface area contributed by atoms with Crippen LogP contribution in [0.2, 0.25) is 0 Å². The number of aliphatic hydroxyl groups is 1. The van der Waals surface area contributed by atoms with Gasteiger partial charge in [-0.25, -0.2) is 4.79 Å². The van der Waals surface area contributed by atoms with Gasteiger partial charge < -0.3 is 24.4 Å². The van der Waals surface area contributed by atoms with Gasteiger partial charge in [-0.3, -0.25) is 0 Å². The Kier molecular flexibility index (Phi) is 8.62. The fourth-order valence-electron chi connectivity index (χ4n) is 5.72. The van der Waals surface area contributed by atoms with Crippen molar-refractivity contribution in [1.29, 1.82) is 0 Å². The van der Waals surface area contributed by atoms with E-state index in [4.69, 9.17) is 14.2 Å². The maximum absolute atomic E-state index is 13.6. The van der Waals surface area contributed by atoms with E-state index >= 15 is 0 Å². The molecule has 2 bridgehead atoms. The molecule has 1 aromatic carbocycles. The summed E-state index contributed by atoms with van der Waals surface area (Å²) in [7, 11) is 0. The first-order valence-corrected chi connectivity index (χ1v) is 13.6. The van der Waals surface area contributed by atoms with Crippen LogP contribution in [0.5, 0.6) is 5.75 Å². The number of hydrogen-bond acceptors (Lipinski definition) is 6. The fourth-order valence-corrected chi connectivity index (χ4v) is 5.72. The Hall–Kier alpha value is -2.41. The van der Waals surface area contributed by atoms with Crippen LogP contribution in [-0.4, -0.2) is 46.9 Å². The Balaban J connectivity index is 1.74. The van der Waals surface area contributed by atoms with E-state index in [-0.39, 0.29) is 30.7 Å². The van der Waals surface area contributed by atoms with Gasteiger partial charge in [0.15, 0.2) is 5.79 Å². The highest BCUT2D eigenvalue weighted by Crippen LogP contribution is 2.43. The van der Waals surface area contributed by atoms with Gasteiger partial charge in [-0.2, -0.15) is 0 Å². The average molecular weight is 511 g/mol. The minimum atomic E-state index is -0.757. The summed E-state index contributed by atoms with van der Waals surface area (Å²) in [5.74, 6) is -0.406. The van der Waals surface area contributed by atoms with Crippen LogP contribution in [0.15, 0.2) is 42.0 Å². The van der Waals surface area contributed by atoms with Crippen LogP contribution in [0.25, 0.3) is 5.57 Å². The molecule has 1 aromatic rings. The van der Waals surface area contributed by atoms with Crippen LogP contribution in [0.4, 0.5) is 0 Å². The third-order valence-corrected chi connectivity index (χ3v) is 8.08. The smallest absolute Gasteiger partial charge is 0.339 e. The number of rotatable bonds is 1. The van der Waals surface area contributed by atoms with Gasteiger partial charge in [0.25, 0.3) is 0 Å². The lowest BCUT2D eigenvalue weighted by atomic mass is 9.86. The molecule has 0 amide bonds. The minimum Gasteiger partial charge on any atom is -0.508 e. The molecule has 6 atom stereocenters. The molecule has 2 fully saturated rings. The van der Waals surface area contributed by atoms with Crippen molar-refractivity contribution in [1.82, 2.24) is 0 Å². The monoisotopic (exact) mass is 510 g/mol. The lowest BCUT2D eigenvalue weighted by molar-refractivity contribution is -0.331. The van der Waals surface area contributed by atoms with Crippen molar-refractivity contribution < 1.29 is 29.2 Å². The van der Waals surface area contributed by atoms with E-state index in [2.05, 4.69) is 39.8 Å². The van der Waals surface area contributed by atoms with Crippen LogP contribution < -0.4 is 0 Å². The predicted octanol–water partition coefficient (Wildman–Crippen LogP) is 6.24. The Morgan fingerprint density at radius 3 is 2.59 bits per heavy atom. The number of aryl methyl sites for hydroxylation is 1. The van der Waals surface area contributed by atoms with E-state index in [1.807, 2.05) is 6.08 Å². The molecule has 2 saturated heterocycles. The number of aliphatic hydroxyl groups excluding tert-OH is 1. The zero-order chi connectivity index (χ0) is 26.7. The number of aromatic hydroxyl groups is 1. The van der Waals surface area contributed by atoms with Crippen molar-refractivity contribution in [3.05, 3.63) is 58.7 Å². The lowest BCUT2D eigenvalue weighted by Gasteiger charge is -2.49. The van der Waals surface area contributed by atoms with Gasteiger partial charge in [0.1, 0.15) is 11.9 Å². The number of allylic oxidation sites excluding steroid dienone is 4. The number of ether oxygens (including phenoxy) is 3. The maximum Gasteiger partial charge on any atom is 0.339 e. The number of carbonyl (C=O) groups excluding carboxylic acids is 1. The van der Waals surface area contributed by atoms with Gasteiger partial charge in [-0.05, 0) is 80.7 Å². The summed E-state index contributed by atoms with van der Waals surface area (Å²) < 4.78 is 19.2. The summed E-state index contributed by atoms with van der Waals surface area (Å²) in [6.45, 7) is 10.1. The number of benzene rings is 1. The first kappa shape index (κ1) is 27.6. The van der Waals surface area contributed by atoms with Crippen molar-refractivity contribution in [3.63, 3.8) is 0 Å². The number of phenolic OH excluding ortho intramolecular Hbond substituents is 1. The van der Waals surface area contributed by atoms with Gasteiger partial charge in [0.2, 0.25) is 0 Å². The second-order valence-corrected chi connectivity index (χ2v) is 11.3. The fraction of sp³-hybridized carbons (Fsp3) is 0.581. The molecule has 37 heavy (non-hydrogen) atoms. The third-order valence-electron chi connectivity index (χ3n) is 8.08. The van der Waals surface area contributed by atoms with E-state index in [1.54, 1.807) is 25.1 Å². The summed E-state index contributed by atoms with van der Waals surface area (Å²) >= 11 is 0. The van der Waals surface area contributed by atoms with Gasteiger partial charge >= 0.3 is 5.97 Å². The van der Waals surface area contributed by atoms with Crippen molar-refractivity contribution in [3.8, 4) is 5.75 Å². The zero-order valence-corrected chi connectivity index (χ0v) is 22.8. The summed E-state index contributed by atoms with van der Waals surface area (Å²) in [6, 6.07) is 3.19. The summed E-state index contributed by atoms with van der Waals surface area (Å²) in [6.07, 6.45) is 12.1. The molecule has 202 valence electrons. The quantitative estimate of drug-likeness (QED) is 0.343. The summed E-state index contributed by atoms with van der Waals surface area (Å²) in [5, 5.41) is 20.6. The summed E-state index contributed by atoms with van der Waals surface area (Å²) in [4.78, 5) is 13.6. The van der Waals surface area contributed by atoms with Gasteiger partial charge in [0.05, 0.1) is 24.4 Å². The molecule has 0 saturated carbocycles. The molecule has 0 radical (unpaired) electrons. The van der Waals surface area contributed by atoms with Crippen LogP contribution in [0, 0.1) is 18.8 Å². The van der Waals surface area contributed by atoms with Gasteiger partial charge in [0, 0.05) is 19.3 Å². The molecule has 3 heterocycles. The molecule has 3 aliphatic heterocycles. The molecule has 0 aliphatic carbocycles. The van der Waals surface area contributed by atoms with Crippen molar-refractivity contribution in [2.45, 2.75) is 97.2 Å². The normalized spacial score (nSPS) is 37.0. The molecular weight excluding hydrogens is 468 g/mol. The van der Waals surface area contributed by atoms with Crippen LogP contribution in [-0.2, 0) is 14.2 Å². The van der Waals surface area contributed by atoms with Crippen LogP contribution in [0.1, 0.15) is 87.7 Å². The van der Waals surface area contributed by atoms with Gasteiger partial charge in [-0.1, -0.05) is 43.7 Å². The third kappa shape index (κ3) is 6.54. The van der Waals surface area contributed by atoms with Gasteiger partial charge in [-0.15, -0.1) is 0 Å². The van der Waals surface area contributed by atoms with E-state index in [9.17, 15) is 15.0 Å². The molecule has 3 aliphatic rings. The second kappa shape index (κ2) is 11.5. The highest BCUT2D eigenvalue weighted by Gasteiger charge is 2.47. The molecule has 0 unspecified atom stereocenters. The van der Waals surface area contributed by atoms with Crippen LogP contribution in [0.3, 0.4) is 0 Å². The minimum absolute atomic E-state index is 0.0650. The van der Waals surface area contributed by atoms with Crippen molar-refractivity contribution in [2.75, 3.05) is 6.61 Å². The van der Waals surface area contributed by atoms with Crippen LogP contribution >= 0.6 is 0 Å². The first-order chi connectivity index (χ1) is 17.6. The number of fused-ring (bicyclic) bond motifs is 3. The highest BCUT2D eigenvalue weighted by atomic mass is 16.7. The maximum atomic E-state index is 13.6. The molecule has 1 spiro atoms. The van der Waals surface area contributed by atoms with E-state index in [0.29, 0.717) is 46.9 Å². The van der Waals surface area contributed by atoms with Crippen molar-refractivity contribution >= 4 is 11.5 Å². The molecule has 4 rings (SSSR count). The summed E-state index contributed by atoms with van der Waals surface area (Å²) in [5.41, 5.74) is 3.22. The second-order valence-electron chi connectivity index (χ2n) is 11.3. The standard InChI is InChI=1S/C31H42O6/c1-19-7-6-8-24(18-32)27-16-29(33)22(4)14-28(27)30(34)35-26-15-25(10-9-20(2)13-19)37-31(17-26)12-11-21(3)23(5)36-31/h6-9,14,16,19,21,23,25-26,32-33H,10-13,15,17-18H2,1-5H3/b7-6-,20-9-,24-8-/t19-,21-,23+,25+,26-,31-/m0/s1. The zero-order valence-electron chi connectivity index (χ0n) is 22.8.